The van der Waals surface area contributed by atoms with Gasteiger partial charge in [0.25, 0.3) is 0 Å². The molecule has 1 unspecified atom stereocenters. The summed E-state index contributed by atoms with van der Waals surface area (Å²) in [7, 11) is 0. The summed E-state index contributed by atoms with van der Waals surface area (Å²) < 4.78 is 0. The highest BCUT2D eigenvalue weighted by Crippen LogP contribution is 2.36. The molecule has 0 aromatic carbocycles. The van der Waals surface area contributed by atoms with Crippen LogP contribution >= 0.6 is 0 Å². The van der Waals surface area contributed by atoms with E-state index in [2.05, 4.69) is 36.8 Å². The molecule has 2 rings (SSSR count). The minimum Gasteiger partial charge on any atom is -0.369 e. The van der Waals surface area contributed by atoms with Gasteiger partial charge < -0.3 is 11.1 Å². The van der Waals surface area contributed by atoms with Gasteiger partial charge in [0.05, 0.1) is 5.70 Å². The van der Waals surface area contributed by atoms with E-state index in [1.165, 1.54) is 5.57 Å². The maximum atomic E-state index is 5.61. The molecule has 0 saturated carbocycles. The largest absolute Gasteiger partial charge is 0.369 e. The van der Waals surface area contributed by atoms with E-state index in [-0.39, 0.29) is 0 Å². The Morgan fingerprint density at radius 3 is 3.00 bits per heavy atom. The van der Waals surface area contributed by atoms with E-state index >= 15 is 0 Å². The molecule has 68 valence electrons. The molecule has 0 saturated heterocycles. The van der Waals surface area contributed by atoms with E-state index in [1.807, 2.05) is 0 Å². The standard InChI is InChI=1S/C10H13N3/c1-5-4-6(2)9-8(5)7(3)12-10(11)13-9/h4,6H,3H2,1-2H3,(H3,11,12,13). The third kappa shape index (κ3) is 1.08. The van der Waals surface area contributed by atoms with Crippen molar-refractivity contribution in [3.05, 3.63) is 35.2 Å². The van der Waals surface area contributed by atoms with Crippen LogP contribution in [-0.2, 0) is 0 Å². The van der Waals surface area contributed by atoms with Crippen LogP contribution in [0.1, 0.15) is 13.8 Å². The zero-order valence-electron chi connectivity index (χ0n) is 7.89. The summed E-state index contributed by atoms with van der Waals surface area (Å²) >= 11 is 0. The smallest absolute Gasteiger partial charge is 0.198 e. The molecule has 1 aliphatic heterocycles. The number of aliphatic imine (C=N–C) groups is 1. The van der Waals surface area contributed by atoms with E-state index in [0.29, 0.717) is 11.9 Å². The Hall–Kier alpha value is -1.51. The molecule has 1 atom stereocenters. The number of allylic oxidation sites excluding steroid dienone is 2. The van der Waals surface area contributed by atoms with Crippen LogP contribution in [0.15, 0.2) is 40.2 Å². The quantitative estimate of drug-likeness (QED) is 0.582. The molecular formula is C10H13N3. The monoisotopic (exact) mass is 175 g/mol. The van der Waals surface area contributed by atoms with Crippen LogP contribution < -0.4 is 11.1 Å². The number of hydrogen-bond donors (Lipinski definition) is 2. The molecule has 0 aromatic rings. The van der Waals surface area contributed by atoms with Crippen LogP contribution in [0.4, 0.5) is 0 Å². The highest BCUT2D eigenvalue weighted by molar-refractivity contribution is 5.85. The van der Waals surface area contributed by atoms with E-state index < -0.39 is 0 Å². The zero-order valence-corrected chi connectivity index (χ0v) is 7.89. The van der Waals surface area contributed by atoms with Gasteiger partial charge in [-0.15, -0.1) is 0 Å². The van der Waals surface area contributed by atoms with Crippen molar-refractivity contribution in [3.8, 4) is 0 Å². The lowest BCUT2D eigenvalue weighted by molar-refractivity contribution is 0.842. The molecule has 1 aliphatic carbocycles. The van der Waals surface area contributed by atoms with Gasteiger partial charge in [-0.1, -0.05) is 19.6 Å². The van der Waals surface area contributed by atoms with Gasteiger partial charge in [0.2, 0.25) is 0 Å². The molecule has 0 bridgehead atoms. The van der Waals surface area contributed by atoms with Crippen LogP contribution in [0, 0.1) is 5.92 Å². The fraction of sp³-hybridized carbons (Fsp3) is 0.300. The van der Waals surface area contributed by atoms with Crippen molar-refractivity contribution in [1.82, 2.24) is 5.32 Å². The molecule has 13 heavy (non-hydrogen) atoms. The summed E-state index contributed by atoms with van der Waals surface area (Å²) in [6.07, 6.45) is 2.18. The molecule has 0 amide bonds. The normalized spacial score (nSPS) is 26.6. The van der Waals surface area contributed by atoms with Crippen LogP contribution in [0.5, 0.6) is 0 Å². The maximum Gasteiger partial charge on any atom is 0.198 e. The van der Waals surface area contributed by atoms with Crippen molar-refractivity contribution < 1.29 is 0 Å². The number of nitrogens with zero attached hydrogens (tertiary/aromatic N) is 1. The Morgan fingerprint density at radius 1 is 1.62 bits per heavy atom. The van der Waals surface area contributed by atoms with Gasteiger partial charge in [0.1, 0.15) is 0 Å². The minimum absolute atomic E-state index is 0.354. The summed E-state index contributed by atoms with van der Waals surface area (Å²) in [6.45, 7) is 8.11. The highest BCUT2D eigenvalue weighted by atomic mass is 15.1. The van der Waals surface area contributed by atoms with Crippen molar-refractivity contribution in [1.29, 1.82) is 0 Å². The van der Waals surface area contributed by atoms with Gasteiger partial charge in [-0.05, 0) is 12.5 Å². The third-order valence-electron chi connectivity index (χ3n) is 2.40. The van der Waals surface area contributed by atoms with Gasteiger partial charge in [0, 0.05) is 17.2 Å². The van der Waals surface area contributed by atoms with E-state index in [4.69, 9.17) is 5.73 Å². The molecule has 3 heteroatoms. The first kappa shape index (κ1) is 8.10. The predicted molar refractivity (Wildman–Crippen MR) is 53.8 cm³/mol. The molecule has 3 N–H and O–H groups in total. The second-order valence-electron chi connectivity index (χ2n) is 3.50. The number of rotatable bonds is 0. The van der Waals surface area contributed by atoms with Crippen molar-refractivity contribution in [2.45, 2.75) is 13.8 Å². The van der Waals surface area contributed by atoms with Crippen LogP contribution in [0.3, 0.4) is 0 Å². The van der Waals surface area contributed by atoms with Gasteiger partial charge in [-0.3, -0.25) is 0 Å². The van der Waals surface area contributed by atoms with Gasteiger partial charge in [-0.2, -0.15) is 0 Å². The van der Waals surface area contributed by atoms with Gasteiger partial charge in [-0.25, -0.2) is 4.99 Å². The van der Waals surface area contributed by atoms with E-state index in [1.54, 1.807) is 0 Å². The van der Waals surface area contributed by atoms with E-state index in [0.717, 1.165) is 17.0 Å². The number of hydrogen-bond acceptors (Lipinski definition) is 3. The molecule has 1 heterocycles. The van der Waals surface area contributed by atoms with Crippen LogP contribution in [0.25, 0.3) is 0 Å². The molecule has 0 radical (unpaired) electrons. The number of nitrogens with two attached hydrogens (primary N) is 1. The fourth-order valence-corrected chi connectivity index (χ4v) is 1.89. The van der Waals surface area contributed by atoms with Crippen molar-refractivity contribution in [2.75, 3.05) is 0 Å². The zero-order chi connectivity index (χ0) is 9.59. The first-order valence-electron chi connectivity index (χ1n) is 4.33. The first-order chi connectivity index (χ1) is 6.09. The van der Waals surface area contributed by atoms with Crippen molar-refractivity contribution in [3.63, 3.8) is 0 Å². The summed E-state index contributed by atoms with van der Waals surface area (Å²) in [5.74, 6) is 0.797. The average molecular weight is 175 g/mol. The topological polar surface area (TPSA) is 50.4 Å². The predicted octanol–water partition coefficient (Wildman–Crippen LogP) is 1.27. The third-order valence-corrected chi connectivity index (χ3v) is 2.40. The summed E-state index contributed by atoms with van der Waals surface area (Å²) in [5.41, 5.74) is 9.87. The first-order valence-corrected chi connectivity index (χ1v) is 4.33. The van der Waals surface area contributed by atoms with Crippen molar-refractivity contribution in [2.24, 2.45) is 16.6 Å². The van der Waals surface area contributed by atoms with E-state index in [9.17, 15) is 0 Å². The average Bonchev–Trinajstić information content (AvgIpc) is 2.27. The van der Waals surface area contributed by atoms with Crippen LogP contribution in [0.2, 0.25) is 0 Å². The fourth-order valence-electron chi connectivity index (χ4n) is 1.89. The van der Waals surface area contributed by atoms with Gasteiger partial charge >= 0.3 is 0 Å². The Labute approximate surface area is 77.7 Å². The molecular weight excluding hydrogens is 162 g/mol. The lowest BCUT2D eigenvalue weighted by Gasteiger charge is -2.18. The summed E-state index contributed by atoms with van der Waals surface area (Å²) in [5, 5.41) is 2.94. The highest BCUT2D eigenvalue weighted by Gasteiger charge is 2.26. The summed E-state index contributed by atoms with van der Waals surface area (Å²) in [6, 6.07) is 0. The Balaban J connectivity index is 2.54. The number of guanidine groups is 1. The lowest BCUT2D eigenvalue weighted by atomic mass is 10.1. The molecule has 0 fully saturated rings. The Kier molecular flexibility index (Phi) is 1.55. The second-order valence-corrected chi connectivity index (χ2v) is 3.50. The number of nitrogens with one attached hydrogen (secondary N) is 1. The van der Waals surface area contributed by atoms with Crippen LogP contribution in [-0.4, -0.2) is 5.96 Å². The molecule has 0 aromatic heterocycles. The lowest BCUT2D eigenvalue weighted by Crippen LogP contribution is -2.34. The SMILES string of the molecule is C=C1NC(N)=NC2=C1C(C)=CC2C. The summed E-state index contributed by atoms with van der Waals surface area (Å²) in [4.78, 5) is 4.28. The molecule has 2 aliphatic rings. The maximum absolute atomic E-state index is 5.61. The second kappa shape index (κ2) is 2.49. The Morgan fingerprint density at radius 2 is 2.31 bits per heavy atom. The Bertz CT molecular complexity index is 372. The minimum atomic E-state index is 0.354. The van der Waals surface area contributed by atoms with Crippen molar-refractivity contribution >= 4 is 5.96 Å². The van der Waals surface area contributed by atoms with Gasteiger partial charge in [0.15, 0.2) is 5.96 Å². The molecule has 3 nitrogen and oxygen atoms in total. The molecule has 0 spiro atoms.